The van der Waals surface area contributed by atoms with Gasteiger partial charge < -0.3 is 14.6 Å². The number of hydrogen-bond acceptors (Lipinski definition) is 4. The Hall–Kier alpha value is -3.07. The second-order valence-electron chi connectivity index (χ2n) is 5.74. The number of nitriles is 1. The topological polar surface area (TPSA) is 86.3 Å². The third-order valence-electron chi connectivity index (χ3n) is 4.14. The number of hydrogen-bond donors (Lipinski definition) is 1. The Balaban J connectivity index is 1.54. The first-order chi connectivity index (χ1) is 11.7. The molecule has 0 atom stereocenters. The summed E-state index contributed by atoms with van der Waals surface area (Å²) in [4.78, 5) is 26.3. The summed E-state index contributed by atoms with van der Waals surface area (Å²) in [7, 11) is 0. The van der Waals surface area contributed by atoms with Crippen LogP contribution in [0.5, 0.6) is 0 Å². The second-order valence-corrected chi connectivity index (χ2v) is 5.74. The van der Waals surface area contributed by atoms with Gasteiger partial charge in [0.1, 0.15) is 6.26 Å². The Labute approximate surface area is 139 Å². The van der Waals surface area contributed by atoms with Crippen molar-refractivity contribution in [2.75, 3.05) is 13.1 Å². The van der Waals surface area contributed by atoms with Crippen LogP contribution in [-0.2, 0) is 0 Å². The summed E-state index contributed by atoms with van der Waals surface area (Å²) in [5.41, 5.74) is 1.49. The van der Waals surface area contributed by atoms with Gasteiger partial charge >= 0.3 is 0 Å². The monoisotopic (exact) mass is 323 g/mol. The second kappa shape index (κ2) is 7.01. The number of nitrogens with one attached hydrogen (secondary N) is 1. The molecule has 6 nitrogen and oxygen atoms in total. The van der Waals surface area contributed by atoms with Crippen molar-refractivity contribution in [1.82, 2.24) is 10.2 Å². The van der Waals surface area contributed by atoms with Gasteiger partial charge in [-0.1, -0.05) is 6.07 Å². The van der Waals surface area contributed by atoms with Gasteiger partial charge in [-0.05, 0) is 37.1 Å². The van der Waals surface area contributed by atoms with Crippen molar-refractivity contribution in [1.29, 1.82) is 5.26 Å². The molecular formula is C18H17N3O3. The van der Waals surface area contributed by atoms with E-state index in [4.69, 9.17) is 9.68 Å². The highest BCUT2D eigenvalue weighted by Crippen LogP contribution is 2.15. The normalized spacial score (nSPS) is 14.9. The maximum absolute atomic E-state index is 12.3. The molecule has 1 aliphatic heterocycles. The van der Waals surface area contributed by atoms with Crippen molar-refractivity contribution in [3.8, 4) is 6.07 Å². The molecular weight excluding hydrogens is 306 g/mol. The van der Waals surface area contributed by atoms with E-state index in [1.807, 2.05) is 6.07 Å². The molecule has 0 aliphatic carbocycles. The maximum Gasteiger partial charge on any atom is 0.257 e. The molecule has 1 aromatic carbocycles. The Morgan fingerprint density at radius 3 is 2.67 bits per heavy atom. The minimum Gasteiger partial charge on any atom is -0.472 e. The van der Waals surface area contributed by atoms with Gasteiger partial charge in [-0.25, -0.2) is 0 Å². The van der Waals surface area contributed by atoms with Crippen LogP contribution in [0, 0.1) is 11.3 Å². The standard InChI is InChI=1S/C18H17N3O3/c19-11-13-2-1-3-14(10-13)17(22)20-16-4-7-21(8-5-16)18(23)15-6-9-24-12-15/h1-3,6,9-10,12,16H,4-5,7-8H2,(H,20,22). The van der Waals surface area contributed by atoms with E-state index in [9.17, 15) is 9.59 Å². The summed E-state index contributed by atoms with van der Waals surface area (Å²) >= 11 is 0. The van der Waals surface area contributed by atoms with E-state index in [0.717, 1.165) is 0 Å². The zero-order chi connectivity index (χ0) is 16.9. The Bertz CT molecular complexity index is 769. The molecule has 6 heteroatoms. The number of amides is 2. The molecule has 0 unspecified atom stereocenters. The highest BCUT2D eigenvalue weighted by molar-refractivity contribution is 5.95. The number of likely N-dealkylation sites (tertiary alicyclic amines) is 1. The number of furan rings is 1. The summed E-state index contributed by atoms with van der Waals surface area (Å²) < 4.78 is 4.94. The minimum atomic E-state index is -0.188. The molecule has 1 saturated heterocycles. The lowest BCUT2D eigenvalue weighted by atomic mass is 10.0. The molecule has 2 aromatic rings. The smallest absolute Gasteiger partial charge is 0.257 e. The molecule has 1 fully saturated rings. The lowest BCUT2D eigenvalue weighted by Crippen LogP contribution is -2.46. The fourth-order valence-corrected chi connectivity index (χ4v) is 2.79. The highest BCUT2D eigenvalue weighted by atomic mass is 16.3. The number of rotatable bonds is 3. The minimum absolute atomic E-state index is 0.0247. The van der Waals surface area contributed by atoms with Gasteiger partial charge in [0.2, 0.25) is 0 Å². The predicted octanol–water partition coefficient (Wildman–Crippen LogP) is 2.19. The first-order valence-corrected chi connectivity index (χ1v) is 7.80. The predicted molar refractivity (Wildman–Crippen MR) is 86.3 cm³/mol. The van der Waals surface area contributed by atoms with Crippen LogP contribution in [0.1, 0.15) is 39.1 Å². The summed E-state index contributed by atoms with van der Waals surface area (Å²) in [5.74, 6) is -0.234. The first-order valence-electron chi connectivity index (χ1n) is 7.80. The third-order valence-corrected chi connectivity index (χ3v) is 4.14. The van der Waals surface area contributed by atoms with Gasteiger partial charge in [-0.3, -0.25) is 9.59 Å². The molecule has 2 heterocycles. The average Bonchev–Trinajstić information content (AvgIpc) is 3.16. The Kier molecular flexibility index (Phi) is 4.62. The van der Waals surface area contributed by atoms with Crippen LogP contribution in [0.3, 0.4) is 0 Å². The van der Waals surface area contributed by atoms with Crippen LogP contribution >= 0.6 is 0 Å². The average molecular weight is 323 g/mol. The van der Waals surface area contributed by atoms with Gasteiger partial charge in [0.15, 0.2) is 0 Å². The summed E-state index contributed by atoms with van der Waals surface area (Å²) in [5, 5.41) is 11.9. The maximum atomic E-state index is 12.3. The van der Waals surface area contributed by atoms with Crippen LogP contribution in [0.25, 0.3) is 0 Å². The van der Waals surface area contributed by atoms with E-state index in [2.05, 4.69) is 5.32 Å². The van der Waals surface area contributed by atoms with Gasteiger partial charge in [0.25, 0.3) is 11.8 Å². The zero-order valence-electron chi connectivity index (χ0n) is 13.1. The molecule has 3 rings (SSSR count). The summed E-state index contributed by atoms with van der Waals surface area (Å²) in [6.07, 6.45) is 4.33. The SMILES string of the molecule is N#Cc1cccc(C(=O)NC2CCN(C(=O)c3ccoc3)CC2)c1. The molecule has 1 aliphatic rings. The molecule has 0 spiro atoms. The van der Waals surface area contributed by atoms with Crippen molar-refractivity contribution in [2.45, 2.75) is 18.9 Å². The molecule has 0 bridgehead atoms. The van der Waals surface area contributed by atoms with Gasteiger partial charge in [0, 0.05) is 24.7 Å². The van der Waals surface area contributed by atoms with E-state index in [1.54, 1.807) is 35.2 Å². The fourth-order valence-electron chi connectivity index (χ4n) is 2.79. The highest BCUT2D eigenvalue weighted by Gasteiger charge is 2.25. The lowest BCUT2D eigenvalue weighted by Gasteiger charge is -2.32. The number of carbonyl (C=O) groups excluding carboxylic acids is 2. The van der Waals surface area contributed by atoms with Crippen molar-refractivity contribution in [2.24, 2.45) is 0 Å². The molecule has 0 radical (unpaired) electrons. The van der Waals surface area contributed by atoms with Crippen molar-refractivity contribution in [3.63, 3.8) is 0 Å². The van der Waals surface area contributed by atoms with Gasteiger partial charge in [-0.2, -0.15) is 5.26 Å². The Morgan fingerprint density at radius 2 is 2.00 bits per heavy atom. The fraction of sp³-hybridized carbons (Fsp3) is 0.278. The Morgan fingerprint density at radius 1 is 1.21 bits per heavy atom. The third kappa shape index (κ3) is 3.46. The summed E-state index contributed by atoms with van der Waals surface area (Å²) in [6.45, 7) is 1.18. The van der Waals surface area contributed by atoms with Gasteiger partial charge in [-0.15, -0.1) is 0 Å². The van der Waals surface area contributed by atoms with E-state index in [-0.39, 0.29) is 17.9 Å². The first kappa shape index (κ1) is 15.8. The molecule has 24 heavy (non-hydrogen) atoms. The quantitative estimate of drug-likeness (QED) is 0.938. The summed E-state index contributed by atoms with van der Waals surface area (Å²) in [6, 6.07) is 10.3. The van der Waals surface area contributed by atoms with E-state index in [0.29, 0.717) is 42.6 Å². The molecule has 122 valence electrons. The molecule has 0 saturated carbocycles. The van der Waals surface area contributed by atoms with Crippen LogP contribution in [0.15, 0.2) is 47.3 Å². The van der Waals surface area contributed by atoms with Crippen molar-refractivity contribution in [3.05, 3.63) is 59.5 Å². The number of benzene rings is 1. The lowest BCUT2D eigenvalue weighted by molar-refractivity contribution is 0.0697. The zero-order valence-corrected chi connectivity index (χ0v) is 13.1. The number of nitrogens with zero attached hydrogens (tertiary/aromatic N) is 2. The van der Waals surface area contributed by atoms with Crippen LogP contribution in [0.4, 0.5) is 0 Å². The van der Waals surface area contributed by atoms with E-state index >= 15 is 0 Å². The molecule has 1 N–H and O–H groups in total. The largest absolute Gasteiger partial charge is 0.472 e. The number of carbonyl (C=O) groups is 2. The number of piperidine rings is 1. The van der Waals surface area contributed by atoms with Gasteiger partial charge in [0.05, 0.1) is 23.5 Å². The van der Waals surface area contributed by atoms with Crippen molar-refractivity contribution >= 4 is 11.8 Å². The van der Waals surface area contributed by atoms with E-state index in [1.165, 1.54) is 12.5 Å². The molecule has 2 amide bonds. The van der Waals surface area contributed by atoms with Crippen LogP contribution < -0.4 is 5.32 Å². The van der Waals surface area contributed by atoms with E-state index < -0.39 is 0 Å². The van der Waals surface area contributed by atoms with Crippen LogP contribution in [0.2, 0.25) is 0 Å². The molecule has 1 aromatic heterocycles. The van der Waals surface area contributed by atoms with Crippen molar-refractivity contribution < 1.29 is 14.0 Å². The van der Waals surface area contributed by atoms with Crippen LogP contribution in [-0.4, -0.2) is 35.8 Å².